The predicted molar refractivity (Wildman–Crippen MR) is 56.3 cm³/mol. The summed E-state index contributed by atoms with van der Waals surface area (Å²) in [6.07, 6.45) is 3.91. The van der Waals surface area contributed by atoms with Gasteiger partial charge in [0, 0.05) is 3.92 Å². The lowest BCUT2D eigenvalue weighted by atomic mass is 9.92. The molecule has 0 bridgehead atoms. The largest absolute Gasteiger partial charge is 0.0822 e. The zero-order chi connectivity index (χ0) is 7.68. The first-order chi connectivity index (χ1) is 5.36. The number of fused-ring (bicyclic) bond motifs is 1. The van der Waals surface area contributed by atoms with Crippen LogP contribution in [0.25, 0.3) is 0 Å². The highest BCUT2D eigenvalue weighted by atomic mass is 127. The summed E-state index contributed by atoms with van der Waals surface area (Å²) in [7, 11) is 0. The summed E-state index contributed by atoms with van der Waals surface area (Å²) in [6, 6.07) is 8.82. The SMILES string of the molecule is I[C@H]1CCc2ccccc2C1. The van der Waals surface area contributed by atoms with Crippen molar-refractivity contribution in [2.24, 2.45) is 0 Å². The lowest BCUT2D eigenvalue weighted by Gasteiger charge is -2.19. The normalized spacial score (nSPS) is 22.8. The Balaban J connectivity index is 2.34. The molecule has 0 nitrogen and oxygen atoms in total. The summed E-state index contributed by atoms with van der Waals surface area (Å²) in [5.41, 5.74) is 3.14. The quantitative estimate of drug-likeness (QED) is 0.495. The van der Waals surface area contributed by atoms with E-state index in [1.54, 1.807) is 11.1 Å². The number of aryl methyl sites for hydroxylation is 1. The summed E-state index contributed by atoms with van der Waals surface area (Å²) >= 11 is 2.55. The van der Waals surface area contributed by atoms with Crippen LogP contribution in [0.2, 0.25) is 0 Å². The first-order valence-corrected chi connectivity index (χ1v) is 5.31. The van der Waals surface area contributed by atoms with Crippen molar-refractivity contribution in [3.05, 3.63) is 35.4 Å². The third-order valence-corrected chi connectivity index (χ3v) is 3.35. The van der Waals surface area contributed by atoms with Crippen molar-refractivity contribution >= 4 is 22.6 Å². The van der Waals surface area contributed by atoms with E-state index in [0.29, 0.717) is 0 Å². The van der Waals surface area contributed by atoms with E-state index in [-0.39, 0.29) is 0 Å². The first kappa shape index (κ1) is 7.59. The molecule has 1 aromatic rings. The van der Waals surface area contributed by atoms with Gasteiger partial charge in [-0.3, -0.25) is 0 Å². The number of hydrogen-bond acceptors (Lipinski definition) is 0. The van der Waals surface area contributed by atoms with Crippen LogP contribution in [0.5, 0.6) is 0 Å². The monoisotopic (exact) mass is 258 g/mol. The fraction of sp³-hybridized carbons (Fsp3) is 0.400. The van der Waals surface area contributed by atoms with Crippen LogP contribution in [0.4, 0.5) is 0 Å². The molecule has 0 aliphatic heterocycles. The Morgan fingerprint density at radius 2 is 1.91 bits per heavy atom. The van der Waals surface area contributed by atoms with Gasteiger partial charge >= 0.3 is 0 Å². The number of rotatable bonds is 0. The lowest BCUT2D eigenvalue weighted by Crippen LogP contribution is -2.12. The summed E-state index contributed by atoms with van der Waals surface area (Å²) in [5.74, 6) is 0. The average molecular weight is 258 g/mol. The van der Waals surface area contributed by atoms with Gasteiger partial charge in [0.05, 0.1) is 0 Å². The van der Waals surface area contributed by atoms with Gasteiger partial charge in [-0.15, -0.1) is 0 Å². The molecular formula is C10H11I. The number of halogens is 1. The third kappa shape index (κ3) is 1.58. The van der Waals surface area contributed by atoms with Gasteiger partial charge in [0.2, 0.25) is 0 Å². The zero-order valence-electron chi connectivity index (χ0n) is 6.39. The van der Waals surface area contributed by atoms with E-state index in [4.69, 9.17) is 0 Å². The molecular weight excluding hydrogens is 247 g/mol. The average Bonchev–Trinajstić information content (AvgIpc) is 2.04. The Kier molecular flexibility index (Phi) is 2.16. The smallest absolute Gasteiger partial charge is 0.0153 e. The van der Waals surface area contributed by atoms with Crippen molar-refractivity contribution in [2.75, 3.05) is 0 Å². The van der Waals surface area contributed by atoms with Crippen LogP contribution in [0, 0.1) is 0 Å². The molecule has 1 heteroatoms. The molecule has 1 atom stereocenters. The van der Waals surface area contributed by atoms with Crippen molar-refractivity contribution in [3.63, 3.8) is 0 Å². The topological polar surface area (TPSA) is 0 Å². The molecule has 58 valence electrons. The van der Waals surface area contributed by atoms with Crippen LogP contribution < -0.4 is 0 Å². The molecule has 0 radical (unpaired) electrons. The molecule has 0 spiro atoms. The van der Waals surface area contributed by atoms with Gasteiger partial charge in [-0.2, -0.15) is 0 Å². The Morgan fingerprint density at radius 1 is 1.18 bits per heavy atom. The van der Waals surface area contributed by atoms with E-state index in [9.17, 15) is 0 Å². The van der Waals surface area contributed by atoms with Crippen molar-refractivity contribution in [3.8, 4) is 0 Å². The molecule has 1 aliphatic rings. The molecule has 11 heavy (non-hydrogen) atoms. The van der Waals surface area contributed by atoms with E-state index in [2.05, 4.69) is 46.9 Å². The Labute approximate surface area is 81.1 Å². The predicted octanol–water partition coefficient (Wildman–Crippen LogP) is 2.98. The third-order valence-electron chi connectivity index (χ3n) is 2.29. The van der Waals surface area contributed by atoms with Crippen LogP contribution in [0.3, 0.4) is 0 Å². The molecule has 0 heterocycles. The maximum absolute atomic E-state index is 2.55. The van der Waals surface area contributed by atoms with Gasteiger partial charge in [0.15, 0.2) is 0 Å². The van der Waals surface area contributed by atoms with Crippen molar-refractivity contribution in [1.82, 2.24) is 0 Å². The molecule has 2 rings (SSSR count). The highest BCUT2D eigenvalue weighted by Crippen LogP contribution is 2.25. The van der Waals surface area contributed by atoms with E-state index >= 15 is 0 Å². The highest BCUT2D eigenvalue weighted by Gasteiger charge is 2.14. The van der Waals surface area contributed by atoms with Gasteiger partial charge in [0.1, 0.15) is 0 Å². The van der Waals surface area contributed by atoms with Gasteiger partial charge in [0.25, 0.3) is 0 Å². The summed E-state index contributed by atoms with van der Waals surface area (Å²) < 4.78 is 0.863. The standard InChI is InChI=1S/C10H11I/c11-10-6-5-8-3-1-2-4-9(8)7-10/h1-4,10H,5-7H2/t10-/m0/s1. The summed E-state index contributed by atoms with van der Waals surface area (Å²) in [4.78, 5) is 0. The van der Waals surface area contributed by atoms with Crippen LogP contribution in [-0.2, 0) is 12.8 Å². The van der Waals surface area contributed by atoms with E-state index < -0.39 is 0 Å². The Bertz CT molecular complexity index is 255. The van der Waals surface area contributed by atoms with Gasteiger partial charge < -0.3 is 0 Å². The molecule has 0 saturated heterocycles. The maximum Gasteiger partial charge on any atom is 0.0153 e. The van der Waals surface area contributed by atoms with Crippen LogP contribution >= 0.6 is 22.6 Å². The summed E-state index contributed by atoms with van der Waals surface area (Å²) in [5, 5.41) is 0. The fourth-order valence-electron chi connectivity index (χ4n) is 1.65. The second-order valence-electron chi connectivity index (χ2n) is 3.11. The van der Waals surface area contributed by atoms with Crippen molar-refractivity contribution in [2.45, 2.75) is 23.2 Å². The molecule has 0 N–H and O–H groups in total. The molecule has 0 aromatic heterocycles. The summed E-state index contributed by atoms with van der Waals surface area (Å²) in [6.45, 7) is 0. The number of hydrogen-bond donors (Lipinski definition) is 0. The van der Waals surface area contributed by atoms with Gasteiger partial charge in [-0.25, -0.2) is 0 Å². The Hall–Kier alpha value is -0.0500. The highest BCUT2D eigenvalue weighted by molar-refractivity contribution is 14.1. The van der Waals surface area contributed by atoms with Gasteiger partial charge in [-0.05, 0) is 30.4 Å². The minimum absolute atomic E-state index is 0.863. The van der Waals surface area contributed by atoms with Crippen molar-refractivity contribution < 1.29 is 0 Å². The van der Waals surface area contributed by atoms with Gasteiger partial charge in [-0.1, -0.05) is 46.9 Å². The zero-order valence-corrected chi connectivity index (χ0v) is 8.54. The van der Waals surface area contributed by atoms with E-state index in [1.165, 1.54) is 19.3 Å². The second-order valence-corrected chi connectivity index (χ2v) is 4.87. The fourth-order valence-corrected chi connectivity index (χ4v) is 2.44. The minimum Gasteiger partial charge on any atom is -0.0822 e. The molecule has 0 amide bonds. The molecule has 0 unspecified atom stereocenters. The second kappa shape index (κ2) is 3.13. The van der Waals surface area contributed by atoms with Crippen LogP contribution in [0.15, 0.2) is 24.3 Å². The first-order valence-electron chi connectivity index (χ1n) is 4.07. The number of alkyl halides is 1. The lowest BCUT2D eigenvalue weighted by molar-refractivity contribution is 0.723. The van der Waals surface area contributed by atoms with Crippen LogP contribution in [0.1, 0.15) is 17.5 Å². The molecule has 0 saturated carbocycles. The Morgan fingerprint density at radius 3 is 2.73 bits per heavy atom. The minimum atomic E-state index is 0.863. The number of benzene rings is 1. The molecule has 1 aliphatic carbocycles. The van der Waals surface area contributed by atoms with E-state index in [1.807, 2.05) is 0 Å². The maximum atomic E-state index is 2.55. The molecule has 0 fully saturated rings. The van der Waals surface area contributed by atoms with Crippen molar-refractivity contribution in [1.29, 1.82) is 0 Å². The molecule has 1 aromatic carbocycles. The van der Waals surface area contributed by atoms with Crippen LogP contribution in [-0.4, -0.2) is 3.92 Å². The van der Waals surface area contributed by atoms with E-state index in [0.717, 1.165) is 3.92 Å².